The highest BCUT2D eigenvalue weighted by atomic mass is 35.5. The van der Waals surface area contributed by atoms with E-state index in [0.29, 0.717) is 11.1 Å². The summed E-state index contributed by atoms with van der Waals surface area (Å²) in [5.41, 5.74) is 0.122. The topological polar surface area (TPSA) is 122 Å². The van der Waals surface area contributed by atoms with Gasteiger partial charge in [-0.25, -0.2) is 0 Å². The summed E-state index contributed by atoms with van der Waals surface area (Å²) in [5, 5.41) is 45.9. The lowest BCUT2D eigenvalue weighted by Crippen LogP contribution is -2.48. The minimum absolute atomic E-state index is 0. The van der Waals surface area contributed by atoms with Crippen molar-refractivity contribution in [3.8, 4) is 23.0 Å². The summed E-state index contributed by atoms with van der Waals surface area (Å²) in [6.07, 6.45) is 0. The van der Waals surface area contributed by atoms with E-state index in [4.69, 9.17) is 0 Å². The third-order valence-electron chi connectivity index (χ3n) is 4.39. The number of carbonyl (C=O) groups is 1. The van der Waals surface area contributed by atoms with E-state index in [1.54, 1.807) is 12.1 Å². The molecule has 0 aliphatic rings. The molecule has 0 aliphatic carbocycles. The number of benzene rings is 2. The van der Waals surface area contributed by atoms with Crippen LogP contribution in [0, 0.1) is 0 Å². The Labute approximate surface area is 189 Å². The molecule has 8 heteroatoms. The molecule has 0 aromatic heterocycles. The molecule has 0 radical (unpaired) electrons. The van der Waals surface area contributed by atoms with Crippen molar-refractivity contribution >= 4 is 18.2 Å². The summed E-state index contributed by atoms with van der Waals surface area (Å²) in [5.74, 6) is -1.41. The Morgan fingerprint density at radius 2 is 1.00 bits per heavy atom. The first kappa shape index (κ1) is 26.6. The molecule has 0 amide bonds. The molecule has 2 aromatic rings. The molecule has 0 fully saturated rings. The van der Waals surface area contributed by atoms with Gasteiger partial charge < -0.3 is 20.4 Å². The van der Waals surface area contributed by atoms with Crippen molar-refractivity contribution in [2.45, 2.75) is 64.7 Å². The molecular formula is C23H33ClN2O5. The maximum Gasteiger partial charge on any atom is 0.175 e. The molecule has 7 nitrogen and oxygen atoms in total. The Balaban J connectivity index is 0.00000480. The van der Waals surface area contributed by atoms with Crippen LogP contribution in [0.3, 0.4) is 0 Å². The maximum absolute atomic E-state index is 13.8. The molecule has 2 unspecified atom stereocenters. The Bertz CT molecular complexity index is 846. The Hall–Kier alpha value is -2.48. The fraction of sp³-hybridized carbons (Fsp3) is 0.435. The van der Waals surface area contributed by atoms with Crippen molar-refractivity contribution in [3.05, 3.63) is 47.5 Å². The van der Waals surface area contributed by atoms with Crippen LogP contribution >= 0.6 is 12.4 Å². The average molecular weight is 453 g/mol. The van der Waals surface area contributed by atoms with E-state index < -0.39 is 23.2 Å². The summed E-state index contributed by atoms with van der Waals surface area (Å²) in [6.45, 7) is 11.5. The number of ketones is 1. The number of hydrogen-bond acceptors (Lipinski definition) is 7. The van der Waals surface area contributed by atoms with Gasteiger partial charge in [0.05, 0.1) is 12.1 Å². The van der Waals surface area contributed by atoms with Gasteiger partial charge in [0.1, 0.15) is 0 Å². The molecule has 2 rings (SSSR count). The van der Waals surface area contributed by atoms with E-state index in [1.165, 1.54) is 24.3 Å². The largest absolute Gasteiger partial charge is 0.504 e. The Kier molecular flexibility index (Phi) is 8.37. The second-order valence-corrected chi connectivity index (χ2v) is 9.55. The van der Waals surface area contributed by atoms with Gasteiger partial charge in [-0.3, -0.25) is 15.4 Å². The van der Waals surface area contributed by atoms with E-state index in [9.17, 15) is 25.2 Å². The first-order valence-corrected chi connectivity index (χ1v) is 9.81. The molecule has 0 spiro atoms. The molecule has 172 valence electrons. The van der Waals surface area contributed by atoms with Gasteiger partial charge in [-0.05, 0) is 76.9 Å². The van der Waals surface area contributed by atoms with E-state index >= 15 is 0 Å². The lowest BCUT2D eigenvalue weighted by Gasteiger charge is -2.34. The second kappa shape index (κ2) is 9.77. The number of hydrogen-bond donors (Lipinski definition) is 6. The number of phenolic OH excluding ortho intramolecular Hbond substituents is 4. The van der Waals surface area contributed by atoms with Crippen LogP contribution in [-0.4, -0.2) is 37.3 Å². The van der Waals surface area contributed by atoms with Crippen LogP contribution in [0.4, 0.5) is 0 Å². The first-order valence-electron chi connectivity index (χ1n) is 9.81. The van der Waals surface area contributed by atoms with Crippen molar-refractivity contribution in [1.29, 1.82) is 0 Å². The molecule has 0 bridgehead atoms. The molecule has 0 aliphatic heterocycles. The predicted molar refractivity (Wildman–Crippen MR) is 123 cm³/mol. The first-order chi connectivity index (χ1) is 13.7. The molecule has 0 saturated heterocycles. The van der Waals surface area contributed by atoms with Crippen LogP contribution in [-0.2, 0) is 4.79 Å². The monoisotopic (exact) mass is 452 g/mol. The molecule has 2 aromatic carbocycles. The fourth-order valence-corrected chi connectivity index (χ4v) is 3.11. The van der Waals surface area contributed by atoms with Crippen molar-refractivity contribution in [2.75, 3.05) is 0 Å². The quantitative estimate of drug-likeness (QED) is 0.365. The summed E-state index contributed by atoms with van der Waals surface area (Å²) in [6, 6.07) is 6.94. The van der Waals surface area contributed by atoms with Crippen LogP contribution < -0.4 is 10.6 Å². The lowest BCUT2D eigenvalue weighted by molar-refractivity contribution is -0.124. The Morgan fingerprint density at radius 3 is 1.26 bits per heavy atom. The SMILES string of the molecule is CC(C)(C)NC(C(=O)C(NC(C)(C)C)c1ccc(O)c(O)c1)c1ccc(O)c(O)c1.Cl. The number of carbonyl (C=O) groups excluding carboxylic acids is 1. The summed E-state index contributed by atoms with van der Waals surface area (Å²) in [4.78, 5) is 13.8. The van der Waals surface area contributed by atoms with Gasteiger partial charge in [0, 0.05) is 11.1 Å². The third-order valence-corrected chi connectivity index (χ3v) is 4.39. The van der Waals surface area contributed by atoms with Crippen LogP contribution in [0.1, 0.15) is 64.8 Å². The van der Waals surface area contributed by atoms with E-state index in [1.807, 2.05) is 41.5 Å². The van der Waals surface area contributed by atoms with Crippen LogP contribution in [0.25, 0.3) is 0 Å². The number of halogens is 1. The van der Waals surface area contributed by atoms with Crippen molar-refractivity contribution in [3.63, 3.8) is 0 Å². The highest BCUT2D eigenvalue weighted by Crippen LogP contribution is 2.34. The summed E-state index contributed by atoms with van der Waals surface area (Å²) >= 11 is 0. The van der Waals surface area contributed by atoms with Crippen LogP contribution in [0.5, 0.6) is 23.0 Å². The minimum Gasteiger partial charge on any atom is -0.504 e. The van der Waals surface area contributed by atoms with Gasteiger partial charge in [-0.2, -0.15) is 0 Å². The average Bonchev–Trinajstić information content (AvgIpc) is 2.60. The van der Waals surface area contributed by atoms with Crippen LogP contribution in [0.15, 0.2) is 36.4 Å². The molecule has 6 N–H and O–H groups in total. The molecule has 0 saturated carbocycles. The van der Waals surface area contributed by atoms with Crippen molar-refractivity contribution < 1.29 is 25.2 Å². The van der Waals surface area contributed by atoms with Crippen molar-refractivity contribution in [1.82, 2.24) is 10.6 Å². The van der Waals surface area contributed by atoms with E-state index in [0.717, 1.165) is 0 Å². The minimum atomic E-state index is -0.813. The Morgan fingerprint density at radius 1 is 0.677 bits per heavy atom. The fourth-order valence-electron chi connectivity index (χ4n) is 3.11. The maximum atomic E-state index is 13.8. The predicted octanol–water partition coefficient (Wildman–Crippen LogP) is 4.06. The zero-order chi connectivity index (χ0) is 22.9. The number of aromatic hydroxyl groups is 4. The van der Waals surface area contributed by atoms with E-state index in [-0.39, 0.29) is 41.2 Å². The zero-order valence-corrected chi connectivity index (χ0v) is 19.5. The van der Waals surface area contributed by atoms with Gasteiger partial charge in [0.2, 0.25) is 0 Å². The normalized spacial score (nSPS) is 13.9. The number of nitrogens with one attached hydrogen (secondary N) is 2. The highest BCUT2D eigenvalue weighted by Gasteiger charge is 2.34. The third kappa shape index (κ3) is 7.31. The number of rotatable bonds is 6. The van der Waals surface area contributed by atoms with Crippen LogP contribution in [0.2, 0.25) is 0 Å². The number of phenols is 4. The van der Waals surface area contributed by atoms with Gasteiger partial charge >= 0.3 is 0 Å². The van der Waals surface area contributed by atoms with Gasteiger partial charge in [0.25, 0.3) is 0 Å². The lowest BCUT2D eigenvalue weighted by atomic mass is 9.89. The molecular weight excluding hydrogens is 420 g/mol. The highest BCUT2D eigenvalue weighted by molar-refractivity contribution is 5.91. The van der Waals surface area contributed by atoms with Gasteiger partial charge in [-0.1, -0.05) is 12.1 Å². The number of Topliss-reactive ketones (excluding diaryl/α,β-unsaturated/α-hetero) is 1. The second-order valence-electron chi connectivity index (χ2n) is 9.55. The summed E-state index contributed by atoms with van der Waals surface area (Å²) < 4.78 is 0. The zero-order valence-electron chi connectivity index (χ0n) is 18.7. The smallest absolute Gasteiger partial charge is 0.175 e. The van der Waals surface area contributed by atoms with Crippen molar-refractivity contribution in [2.24, 2.45) is 0 Å². The van der Waals surface area contributed by atoms with Gasteiger partial charge in [-0.15, -0.1) is 12.4 Å². The molecule has 31 heavy (non-hydrogen) atoms. The molecule has 2 atom stereocenters. The van der Waals surface area contributed by atoms with Gasteiger partial charge in [0.15, 0.2) is 28.8 Å². The van der Waals surface area contributed by atoms with E-state index in [2.05, 4.69) is 10.6 Å². The summed E-state index contributed by atoms with van der Waals surface area (Å²) in [7, 11) is 0. The molecule has 0 heterocycles. The standard InChI is InChI=1S/C23H32N2O5.ClH/c1-22(2,3)24-19(13-7-9-15(26)17(28)11-13)21(30)20(25-23(4,5)6)14-8-10-16(27)18(29)12-14;/h7-12,19-20,24-29H,1-6H3;1H.